The molecule has 2 aromatic carbocycles. The number of pyridine rings is 1. The van der Waals surface area contributed by atoms with Crippen molar-refractivity contribution in [3.05, 3.63) is 82.8 Å². The van der Waals surface area contributed by atoms with Gasteiger partial charge in [-0.2, -0.15) is 5.26 Å². The molecule has 1 aliphatic rings. The Morgan fingerprint density at radius 3 is 2.53 bits per heavy atom. The topological polar surface area (TPSA) is 93.4 Å². The van der Waals surface area contributed by atoms with Crippen molar-refractivity contribution in [2.75, 3.05) is 38.3 Å². The van der Waals surface area contributed by atoms with Crippen LogP contribution in [0.15, 0.2) is 54.9 Å². The van der Waals surface area contributed by atoms with Crippen LogP contribution in [-0.2, 0) is 17.8 Å². The van der Waals surface area contributed by atoms with E-state index in [-0.39, 0.29) is 0 Å². The highest BCUT2D eigenvalue weighted by molar-refractivity contribution is 5.83. The van der Waals surface area contributed by atoms with Crippen molar-refractivity contribution in [3.63, 3.8) is 0 Å². The number of fused-ring (bicyclic) bond motifs is 1. The number of hydrogen-bond acceptors (Lipinski definition) is 8. The van der Waals surface area contributed by atoms with E-state index >= 15 is 0 Å². The number of nitrogens with zero attached hydrogens (tertiary/aromatic N) is 5. The first-order valence-electron chi connectivity index (χ1n) is 12.8. The second-order valence-electron chi connectivity index (χ2n) is 9.60. The SMILES string of the molecule is COc1cc(Cc2ccc3ncc(N4CCOCC4)nc3c2C#N)ccc1OCc1ccc(C(C)C)nc1. The molecule has 5 rings (SSSR count). The molecule has 194 valence electrons. The fraction of sp³-hybridized carbons (Fsp3) is 0.333. The van der Waals surface area contributed by atoms with Crippen LogP contribution < -0.4 is 14.4 Å². The van der Waals surface area contributed by atoms with Crippen LogP contribution in [0.2, 0.25) is 0 Å². The lowest BCUT2D eigenvalue weighted by Gasteiger charge is -2.27. The zero-order valence-corrected chi connectivity index (χ0v) is 22.0. The number of anilines is 1. The van der Waals surface area contributed by atoms with Gasteiger partial charge in [0.15, 0.2) is 11.5 Å². The van der Waals surface area contributed by atoms with Crippen molar-refractivity contribution in [3.8, 4) is 17.6 Å². The number of hydrogen-bond donors (Lipinski definition) is 0. The van der Waals surface area contributed by atoms with E-state index in [9.17, 15) is 5.26 Å². The van der Waals surface area contributed by atoms with Crippen LogP contribution in [0.1, 0.15) is 47.7 Å². The zero-order chi connectivity index (χ0) is 26.5. The van der Waals surface area contributed by atoms with Crippen LogP contribution >= 0.6 is 0 Å². The summed E-state index contributed by atoms with van der Waals surface area (Å²) in [5.41, 5.74) is 5.82. The summed E-state index contributed by atoms with van der Waals surface area (Å²) in [6, 6.07) is 16.2. The molecule has 0 radical (unpaired) electrons. The second kappa shape index (κ2) is 11.4. The van der Waals surface area contributed by atoms with Crippen molar-refractivity contribution < 1.29 is 14.2 Å². The maximum atomic E-state index is 10.1. The quantitative estimate of drug-likeness (QED) is 0.326. The monoisotopic (exact) mass is 509 g/mol. The Morgan fingerprint density at radius 1 is 1.00 bits per heavy atom. The van der Waals surface area contributed by atoms with Gasteiger partial charge in [-0.05, 0) is 47.7 Å². The highest BCUT2D eigenvalue weighted by Gasteiger charge is 2.17. The Hall–Kier alpha value is -4.22. The predicted molar refractivity (Wildman–Crippen MR) is 146 cm³/mol. The molecule has 1 saturated heterocycles. The third kappa shape index (κ3) is 5.53. The van der Waals surface area contributed by atoms with Crippen LogP contribution in [0.25, 0.3) is 11.0 Å². The first-order chi connectivity index (χ1) is 18.6. The first-order valence-corrected chi connectivity index (χ1v) is 12.8. The standard InChI is InChI=1S/C30H31N5O3/c1-20(2)25-7-4-22(17-32-25)19-38-27-9-5-21(15-28(27)36-3)14-23-6-8-26-30(24(23)16-31)34-29(18-33-26)35-10-12-37-13-11-35/h4-9,15,17-18,20H,10-14,19H2,1-3H3. The average molecular weight is 510 g/mol. The van der Waals surface area contributed by atoms with Crippen LogP contribution in [0, 0.1) is 11.3 Å². The largest absolute Gasteiger partial charge is 0.493 e. The van der Waals surface area contributed by atoms with Gasteiger partial charge in [-0.3, -0.25) is 9.97 Å². The number of benzene rings is 2. The highest BCUT2D eigenvalue weighted by Crippen LogP contribution is 2.31. The minimum absolute atomic E-state index is 0.389. The Bertz CT molecular complexity index is 1460. The molecule has 3 heterocycles. The molecular formula is C30H31N5O3. The molecule has 2 aromatic heterocycles. The molecule has 0 N–H and O–H groups in total. The molecule has 0 saturated carbocycles. The first kappa shape index (κ1) is 25.4. The summed E-state index contributed by atoms with van der Waals surface area (Å²) in [5, 5.41) is 10.1. The van der Waals surface area contributed by atoms with E-state index in [1.165, 1.54) is 0 Å². The molecule has 0 bridgehead atoms. The number of ether oxygens (including phenoxy) is 3. The number of morpholine rings is 1. The van der Waals surface area contributed by atoms with Gasteiger partial charge in [-0.25, -0.2) is 4.98 Å². The summed E-state index contributed by atoms with van der Waals surface area (Å²) in [4.78, 5) is 16.0. The van der Waals surface area contributed by atoms with E-state index in [4.69, 9.17) is 19.2 Å². The molecule has 0 amide bonds. The molecule has 4 aromatic rings. The van der Waals surface area contributed by atoms with Gasteiger partial charge in [0.1, 0.15) is 24.0 Å². The molecule has 0 unspecified atom stereocenters. The minimum Gasteiger partial charge on any atom is -0.493 e. The third-order valence-electron chi connectivity index (χ3n) is 6.69. The Labute approximate surface area is 222 Å². The maximum Gasteiger partial charge on any atom is 0.161 e. The zero-order valence-electron chi connectivity index (χ0n) is 22.0. The van der Waals surface area contributed by atoms with Crippen LogP contribution in [0.5, 0.6) is 11.5 Å². The summed E-state index contributed by atoms with van der Waals surface area (Å²) in [7, 11) is 1.63. The van der Waals surface area contributed by atoms with Gasteiger partial charge in [0.25, 0.3) is 0 Å². The number of methoxy groups -OCH3 is 1. The van der Waals surface area contributed by atoms with Gasteiger partial charge < -0.3 is 19.1 Å². The second-order valence-corrected chi connectivity index (χ2v) is 9.60. The normalized spacial score (nSPS) is 13.5. The van der Waals surface area contributed by atoms with Crippen molar-refractivity contribution in [2.24, 2.45) is 0 Å². The molecule has 8 heteroatoms. The molecule has 38 heavy (non-hydrogen) atoms. The van der Waals surface area contributed by atoms with Crippen molar-refractivity contribution in [1.82, 2.24) is 15.0 Å². The van der Waals surface area contributed by atoms with Crippen molar-refractivity contribution in [2.45, 2.75) is 32.8 Å². The van der Waals surface area contributed by atoms with Gasteiger partial charge >= 0.3 is 0 Å². The molecule has 0 spiro atoms. The van der Waals surface area contributed by atoms with Gasteiger partial charge in [-0.15, -0.1) is 0 Å². The van der Waals surface area contributed by atoms with Gasteiger partial charge in [-0.1, -0.05) is 32.0 Å². The molecule has 1 fully saturated rings. The summed E-state index contributed by atoms with van der Waals surface area (Å²) in [5.74, 6) is 2.46. The average Bonchev–Trinajstić information content (AvgIpc) is 2.96. The van der Waals surface area contributed by atoms with Crippen molar-refractivity contribution >= 4 is 16.9 Å². The van der Waals surface area contributed by atoms with Crippen molar-refractivity contribution in [1.29, 1.82) is 5.26 Å². The van der Waals surface area contributed by atoms with Gasteiger partial charge in [0.2, 0.25) is 0 Å². The Kier molecular flexibility index (Phi) is 7.66. The molecule has 0 atom stereocenters. The molecule has 8 nitrogen and oxygen atoms in total. The minimum atomic E-state index is 0.389. The highest BCUT2D eigenvalue weighted by atomic mass is 16.5. The van der Waals surface area contributed by atoms with Crippen LogP contribution in [0.3, 0.4) is 0 Å². The van der Waals surface area contributed by atoms with Crippen LogP contribution in [-0.4, -0.2) is 48.4 Å². The molecule has 0 aliphatic carbocycles. The van der Waals surface area contributed by atoms with Gasteiger partial charge in [0.05, 0.1) is 37.6 Å². The number of rotatable bonds is 8. The summed E-state index contributed by atoms with van der Waals surface area (Å²) in [6.07, 6.45) is 4.18. The van der Waals surface area contributed by atoms with Crippen LogP contribution in [0.4, 0.5) is 5.82 Å². The summed E-state index contributed by atoms with van der Waals surface area (Å²) < 4.78 is 17.1. The van der Waals surface area contributed by atoms with E-state index in [0.29, 0.717) is 60.3 Å². The van der Waals surface area contributed by atoms with E-state index in [1.54, 1.807) is 13.3 Å². The summed E-state index contributed by atoms with van der Waals surface area (Å²) in [6.45, 7) is 7.48. The third-order valence-corrected chi connectivity index (χ3v) is 6.69. The smallest absolute Gasteiger partial charge is 0.161 e. The maximum absolute atomic E-state index is 10.1. The lowest BCUT2D eigenvalue weighted by Crippen LogP contribution is -2.36. The van der Waals surface area contributed by atoms with E-state index < -0.39 is 0 Å². The lowest BCUT2D eigenvalue weighted by molar-refractivity contribution is 0.122. The Morgan fingerprint density at radius 2 is 1.82 bits per heavy atom. The fourth-order valence-corrected chi connectivity index (χ4v) is 4.51. The predicted octanol–water partition coefficient (Wildman–Crippen LogP) is 5.03. The van der Waals surface area contributed by atoms with E-state index in [1.807, 2.05) is 48.7 Å². The van der Waals surface area contributed by atoms with E-state index in [2.05, 4.69) is 34.8 Å². The fourth-order valence-electron chi connectivity index (χ4n) is 4.51. The molecule has 1 aliphatic heterocycles. The Balaban J connectivity index is 1.35. The summed E-state index contributed by atoms with van der Waals surface area (Å²) >= 11 is 0. The number of aromatic nitrogens is 3. The molecular weight excluding hydrogens is 478 g/mol. The lowest BCUT2D eigenvalue weighted by atomic mass is 9.98. The van der Waals surface area contributed by atoms with E-state index in [0.717, 1.165) is 41.3 Å². The number of nitriles is 1. The van der Waals surface area contributed by atoms with Gasteiger partial charge in [0, 0.05) is 30.5 Å².